The predicted octanol–water partition coefficient (Wildman–Crippen LogP) is 3.56. The molecular weight excluding hydrogens is 384 g/mol. The van der Waals surface area contributed by atoms with Crippen LogP contribution in [0.2, 0.25) is 0 Å². The lowest BCUT2D eigenvalue weighted by molar-refractivity contribution is 0.0697. The van der Waals surface area contributed by atoms with Gasteiger partial charge in [-0.2, -0.15) is 5.10 Å². The summed E-state index contributed by atoms with van der Waals surface area (Å²) in [7, 11) is 1.58. The van der Waals surface area contributed by atoms with Gasteiger partial charge in [0.25, 0.3) is 0 Å². The minimum absolute atomic E-state index is 0.118. The molecule has 1 aliphatic rings. The molecule has 0 saturated heterocycles. The number of hydrogen-bond donors (Lipinski definition) is 3. The van der Waals surface area contributed by atoms with Crippen LogP contribution in [0.15, 0.2) is 54.1 Å². The molecule has 0 aliphatic carbocycles. The van der Waals surface area contributed by atoms with Crippen molar-refractivity contribution in [3.8, 4) is 17.3 Å². The van der Waals surface area contributed by atoms with Crippen molar-refractivity contribution in [3.05, 3.63) is 76.5 Å². The van der Waals surface area contributed by atoms with Crippen molar-refractivity contribution < 1.29 is 19.4 Å². The van der Waals surface area contributed by atoms with E-state index >= 15 is 0 Å². The van der Waals surface area contributed by atoms with E-state index in [1.165, 1.54) is 16.8 Å². The van der Waals surface area contributed by atoms with Crippen LogP contribution >= 0.6 is 0 Å². The lowest BCUT2D eigenvalue weighted by Gasteiger charge is -2.26. The summed E-state index contributed by atoms with van der Waals surface area (Å²) >= 11 is 0. The number of rotatable bonds is 4. The molecule has 4 rings (SSSR count). The van der Waals surface area contributed by atoms with Crippen molar-refractivity contribution in [2.24, 2.45) is 0 Å². The van der Waals surface area contributed by atoms with Gasteiger partial charge in [0.2, 0.25) is 11.8 Å². The Labute approximate surface area is 172 Å². The first kappa shape index (κ1) is 19.2. The van der Waals surface area contributed by atoms with Crippen LogP contribution in [0, 0.1) is 17.7 Å². The molecule has 2 aromatic carbocycles. The zero-order chi connectivity index (χ0) is 21.4. The molecule has 3 N–H and O–H groups in total. The van der Waals surface area contributed by atoms with E-state index in [0.29, 0.717) is 28.6 Å². The molecule has 1 aliphatic heterocycles. The molecule has 0 spiro atoms. The van der Waals surface area contributed by atoms with Gasteiger partial charge < -0.3 is 14.6 Å². The van der Waals surface area contributed by atoms with Gasteiger partial charge >= 0.3 is 5.97 Å². The summed E-state index contributed by atoms with van der Waals surface area (Å²) in [5.41, 5.74) is 3.09. The average Bonchev–Trinajstić information content (AvgIpc) is 3.08. The summed E-state index contributed by atoms with van der Waals surface area (Å²) in [6, 6.07) is 13.7. The van der Waals surface area contributed by atoms with Crippen LogP contribution in [-0.4, -0.2) is 39.7 Å². The van der Waals surface area contributed by atoms with Gasteiger partial charge in [-0.15, -0.1) is 0 Å². The van der Waals surface area contributed by atoms with E-state index < -0.39 is 11.9 Å². The highest BCUT2D eigenvalue weighted by molar-refractivity contribution is 6.04. The third-order valence-corrected chi connectivity index (χ3v) is 5.00. The highest BCUT2D eigenvalue weighted by Crippen LogP contribution is 2.44. The van der Waals surface area contributed by atoms with Gasteiger partial charge in [-0.3, -0.25) is 10.8 Å². The number of carboxylic acids is 1. The quantitative estimate of drug-likeness (QED) is 0.576. The monoisotopic (exact) mass is 402 g/mol. The lowest BCUT2D eigenvalue weighted by Crippen LogP contribution is -2.25. The second kappa shape index (κ2) is 7.35. The normalized spacial score (nSPS) is 15.2. The summed E-state index contributed by atoms with van der Waals surface area (Å²) in [6.45, 7) is 1.81. The molecule has 3 aromatic rings. The van der Waals surface area contributed by atoms with Crippen LogP contribution in [0.4, 0.5) is 0 Å². The summed E-state index contributed by atoms with van der Waals surface area (Å²) in [5.74, 6) is 1.64. The van der Waals surface area contributed by atoms with E-state index in [1.807, 2.05) is 31.2 Å². The smallest absolute Gasteiger partial charge is 0.335 e. The molecule has 0 fully saturated rings. The first-order chi connectivity index (χ1) is 14.4. The fourth-order valence-corrected chi connectivity index (χ4v) is 3.58. The zero-order valence-electron chi connectivity index (χ0n) is 16.3. The van der Waals surface area contributed by atoms with Crippen molar-refractivity contribution in [3.63, 3.8) is 0 Å². The Morgan fingerprint density at radius 1 is 1.27 bits per heavy atom. The maximum atomic E-state index is 11.4. The van der Waals surface area contributed by atoms with Crippen molar-refractivity contribution in [1.29, 1.82) is 10.8 Å². The molecule has 2 heterocycles. The number of benzene rings is 2. The molecule has 0 amide bonds. The molecule has 0 radical (unpaired) electrons. The van der Waals surface area contributed by atoms with Crippen LogP contribution < -0.4 is 9.47 Å². The number of nitrogens with one attached hydrogen (secondary N) is 2. The number of nitrogens with zero attached hydrogens (tertiary/aromatic N) is 2. The standard InChI is InChI=1S/C22H18N4O4/c1-12-18-19(13-6-8-16(29-2)9-7-13)17(11-23)20(24)30-21(18)26(25-12)15-5-3-4-14(10-15)22(27)28/h3-10,19,23-24H,1-2H3,(H,27,28)/t19-/m1/s1. The van der Waals surface area contributed by atoms with Gasteiger partial charge in [-0.25, -0.2) is 9.48 Å². The minimum atomic E-state index is -1.05. The number of aryl methyl sites for hydroxylation is 1. The Morgan fingerprint density at radius 3 is 2.63 bits per heavy atom. The molecule has 0 unspecified atom stereocenters. The number of carboxylic acid groups (broad SMARTS) is 1. The van der Waals surface area contributed by atoms with E-state index in [4.69, 9.17) is 20.3 Å². The molecule has 1 atom stereocenters. The van der Waals surface area contributed by atoms with Crippen LogP contribution in [0.25, 0.3) is 5.69 Å². The van der Waals surface area contributed by atoms with Gasteiger partial charge in [-0.05, 0) is 48.7 Å². The number of methoxy groups -OCH3 is 1. The largest absolute Gasteiger partial charge is 0.497 e. The second-order valence-corrected chi connectivity index (χ2v) is 6.75. The number of carbonyl (C=O) groups is 1. The fourth-order valence-electron chi connectivity index (χ4n) is 3.58. The Hall–Kier alpha value is -4.16. The SMILES string of the molecule is COc1ccc([C@@H]2C(=C=N)C(=N)Oc3c2c(C)nn3-c2cccc(C(=O)O)c2)cc1. The maximum Gasteiger partial charge on any atom is 0.335 e. The van der Waals surface area contributed by atoms with Crippen LogP contribution in [-0.2, 0) is 0 Å². The van der Waals surface area contributed by atoms with Crippen molar-refractivity contribution >= 4 is 17.7 Å². The van der Waals surface area contributed by atoms with E-state index in [0.717, 1.165) is 5.56 Å². The van der Waals surface area contributed by atoms with Gasteiger partial charge in [0.05, 0.1) is 41.1 Å². The Kier molecular flexibility index (Phi) is 4.69. The van der Waals surface area contributed by atoms with E-state index in [-0.39, 0.29) is 17.0 Å². The number of fused-ring (bicyclic) bond motifs is 1. The van der Waals surface area contributed by atoms with E-state index in [1.54, 1.807) is 19.2 Å². The number of aromatic carboxylic acids is 1. The zero-order valence-corrected chi connectivity index (χ0v) is 16.3. The van der Waals surface area contributed by atoms with Crippen LogP contribution in [0.5, 0.6) is 11.6 Å². The van der Waals surface area contributed by atoms with Gasteiger partial charge in [0.15, 0.2) is 0 Å². The molecule has 8 nitrogen and oxygen atoms in total. The summed E-state index contributed by atoms with van der Waals surface area (Å²) < 4.78 is 12.4. The minimum Gasteiger partial charge on any atom is -0.497 e. The van der Waals surface area contributed by atoms with Crippen LogP contribution in [0.3, 0.4) is 0 Å². The summed E-state index contributed by atoms with van der Waals surface area (Å²) in [6.07, 6.45) is 0. The molecule has 8 heteroatoms. The van der Waals surface area contributed by atoms with Gasteiger partial charge in [0, 0.05) is 0 Å². The molecule has 1 aromatic heterocycles. The molecule has 30 heavy (non-hydrogen) atoms. The first-order valence-corrected chi connectivity index (χ1v) is 9.08. The topological polar surface area (TPSA) is 121 Å². The third-order valence-electron chi connectivity index (χ3n) is 5.00. The molecular formula is C22H18N4O4. The maximum absolute atomic E-state index is 11.4. The van der Waals surface area contributed by atoms with Crippen LogP contribution in [0.1, 0.15) is 33.1 Å². The third kappa shape index (κ3) is 3.05. The predicted molar refractivity (Wildman–Crippen MR) is 110 cm³/mol. The highest BCUT2D eigenvalue weighted by Gasteiger charge is 2.37. The second-order valence-electron chi connectivity index (χ2n) is 6.75. The Bertz CT molecular complexity index is 1220. The Morgan fingerprint density at radius 2 is 2.00 bits per heavy atom. The number of aromatic nitrogens is 2. The molecule has 150 valence electrons. The van der Waals surface area contributed by atoms with Crippen molar-refractivity contribution in [2.75, 3.05) is 7.11 Å². The first-order valence-electron chi connectivity index (χ1n) is 9.08. The van der Waals surface area contributed by atoms with E-state index in [9.17, 15) is 9.90 Å². The molecule has 0 saturated carbocycles. The fraction of sp³-hybridized carbons (Fsp3) is 0.136. The van der Waals surface area contributed by atoms with E-state index in [2.05, 4.69) is 11.0 Å². The summed E-state index contributed by atoms with van der Waals surface area (Å²) in [4.78, 5) is 11.4. The lowest BCUT2D eigenvalue weighted by atomic mass is 9.83. The average molecular weight is 402 g/mol. The van der Waals surface area contributed by atoms with Gasteiger partial charge in [0.1, 0.15) is 5.75 Å². The highest BCUT2D eigenvalue weighted by atomic mass is 16.5. The van der Waals surface area contributed by atoms with Crippen molar-refractivity contribution in [2.45, 2.75) is 12.8 Å². The van der Waals surface area contributed by atoms with Crippen molar-refractivity contribution in [1.82, 2.24) is 9.78 Å². The van der Waals surface area contributed by atoms with Gasteiger partial charge in [-0.1, -0.05) is 18.2 Å². The molecule has 0 bridgehead atoms. The Balaban J connectivity index is 1.92. The number of ether oxygens (including phenoxy) is 2. The summed E-state index contributed by atoms with van der Waals surface area (Å²) in [5, 5.41) is 29.9. The number of hydrogen-bond acceptors (Lipinski definition) is 6.